The summed E-state index contributed by atoms with van der Waals surface area (Å²) in [6.45, 7) is 2.17. The molecule has 152 valence electrons. The third kappa shape index (κ3) is 4.53. The van der Waals surface area contributed by atoms with Crippen LogP contribution in [0.25, 0.3) is 11.0 Å². The van der Waals surface area contributed by atoms with Crippen LogP contribution in [0.1, 0.15) is 5.56 Å². The zero-order valence-electron chi connectivity index (χ0n) is 15.7. The molecule has 1 fully saturated rings. The van der Waals surface area contributed by atoms with Gasteiger partial charge < -0.3 is 19.5 Å². The minimum Gasteiger partial charge on any atom is -0.616 e. The average molecular weight is 433 g/mol. The minimum absolute atomic E-state index is 0.0259. The second-order valence-corrected chi connectivity index (χ2v) is 8.71. The lowest BCUT2D eigenvalue weighted by Gasteiger charge is -2.30. The fourth-order valence-corrected chi connectivity index (χ4v) is 4.60. The van der Waals surface area contributed by atoms with Crippen LogP contribution in [0.3, 0.4) is 0 Å². The van der Waals surface area contributed by atoms with Crippen molar-refractivity contribution in [3.63, 3.8) is 0 Å². The number of anilines is 2. The number of halogens is 1. The first-order valence-corrected chi connectivity index (χ1v) is 11.2. The van der Waals surface area contributed by atoms with E-state index in [1.54, 1.807) is 0 Å². The second-order valence-electron chi connectivity index (χ2n) is 6.68. The Morgan fingerprint density at radius 1 is 1.10 bits per heavy atom. The van der Waals surface area contributed by atoms with Gasteiger partial charge in [-0.25, -0.2) is 15.0 Å². The summed E-state index contributed by atoms with van der Waals surface area (Å²) in [5, 5.41) is 9.72. The molecule has 3 heterocycles. The van der Waals surface area contributed by atoms with Gasteiger partial charge in [-0.15, -0.1) is 0 Å². The van der Waals surface area contributed by atoms with E-state index in [0.29, 0.717) is 60.4 Å². The number of fused-ring (bicyclic) bond motifs is 1. The van der Waals surface area contributed by atoms with E-state index in [-0.39, 0.29) is 11.9 Å². The SMILES string of the molecule is [O-][S+]1CCN(c2nc(Cl)nc3c(N(CCO)Cc4ccccc4)ncnc23)CC1. The Kier molecular flexibility index (Phi) is 6.29. The van der Waals surface area contributed by atoms with Gasteiger partial charge in [0, 0.05) is 13.1 Å². The van der Waals surface area contributed by atoms with E-state index >= 15 is 0 Å². The lowest BCUT2D eigenvalue weighted by Crippen LogP contribution is -2.41. The average Bonchev–Trinajstić information content (AvgIpc) is 2.74. The topological polar surface area (TPSA) is 101 Å². The Morgan fingerprint density at radius 3 is 2.59 bits per heavy atom. The molecule has 1 aliphatic rings. The van der Waals surface area contributed by atoms with Crippen LogP contribution >= 0.6 is 11.6 Å². The molecule has 8 nitrogen and oxygen atoms in total. The molecule has 3 aromatic rings. The van der Waals surface area contributed by atoms with Gasteiger partial charge in [0.25, 0.3) is 0 Å². The maximum Gasteiger partial charge on any atom is 0.225 e. The zero-order chi connectivity index (χ0) is 20.2. The summed E-state index contributed by atoms with van der Waals surface area (Å²) in [5.41, 5.74) is 2.23. The molecular formula is C19H21ClN6O2S. The summed E-state index contributed by atoms with van der Waals surface area (Å²) < 4.78 is 11.7. The van der Waals surface area contributed by atoms with Gasteiger partial charge in [0.2, 0.25) is 5.28 Å². The normalized spacial score (nSPS) is 15.1. The second kappa shape index (κ2) is 9.08. The van der Waals surface area contributed by atoms with Gasteiger partial charge in [0.05, 0.1) is 19.7 Å². The molecule has 0 amide bonds. The third-order valence-electron chi connectivity index (χ3n) is 4.78. The molecule has 1 saturated heterocycles. The molecule has 1 N–H and O–H groups in total. The van der Waals surface area contributed by atoms with Crippen molar-refractivity contribution in [2.24, 2.45) is 0 Å². The van der Waals surface area contributed by atoms with Gasteiger partial charge >= 0.3 is 0 Å². The van der Waals surface area contributed by atoms with Gasteiger partial charge in [0.15, 0.2) is 11.6 Å². The van der Waals surface area contributed by atoms with E-state index in [4.69, 9.17) is 11.6 Å². The summed E-state index contributed by atoms with van der Waals surface area (Å²) >= 11 is 5.46. The van der Waals surface area contributed by atoms with E-state index in [0.717, 1.165) is 5.56 Å². The first-order chi connectivity index (χ1) is 14.2. The van der Waals surface area contributed by atoms with E-state index in [9.17, 15) is 9.66 Å². The zero-order valence-corrected chi connectivity index (χ0v) is 17.3. The van der Waals surface area contributed by atoms with Crippen LogP contribution in [0.15, 0.2) is 36.7 Å². The summed E-state index contributed by atoms with van der Waals surface area (Å²) in [6.07, 6.45) is 1.48. The van der Waals surface area contributed by atoms with Crippen LogP contribution in [0.4, 0.5) is 11.6 Å². The molecule has 0 saturated carbocycles. The van der Waals surface area contributed by atoms with Crippen LogP contribution in [0.5, 0.6) is 0 Å². The number of aromatic nitrogens is 4. The van der Waals surface area contributed by atoms with Gasteiger partial charge in [-0.05, 0) is 17.2 Å². The Hall–Kier alpha value is -2.20. The lowest BCUT2D eigenvalue weighted by molar-refractivity contribution is 0.301. The molecule has 2 aromatic heterocycles. The molecular weight excluding hydrogens is 412 g/mol. The predicted molar refractivity (Wildman–Crippen MR) is 115 cm³/mol. The van der Waals surface area contributed by atoms with E-state index in [2.05, 4.69) is 19.9 Å². The highest BCUT2D eigenvalue weighted by Gasteiger charge is 2.25. The van der Waals surface area contributed by atoms with Crippen molar-refractivity contribution in [3.8, 4) is 0 Å². The van der Waals surface area contributed by atoms with E-state index in [1.807, 2.05) is 40.1 Å². The Labute approximate surface area is 176 Å². The van der Waals surface area contributed by atoms with Crippen LogP contribution in [0, 0.1) is 0 Å². The maximum absolute atomic E-state index is 11.7. The van der Waals surface area contributed by atoms with Crippen LogP contribution < -0.4 is 9.80 Å². The first kappa shape index (κ1) is 20.1. The molecule has 1 aliphatic heterocycles. The minimum atomic E-state index is -0.798. The molecule has 0 bridgehead atoms. The number of hydrogen-bond acceptors (Lipinski definition) is 8. The highest BCUT2D eigenvalue weighted by molar-refractivity contribution is 7.91. The maximum atomic E-state index is 11.7. The molecule has 0 spiro atoms. The molecule has 0 unspecified atom stereocenters. The standard InChI is InChI=1S/C19H21ClN6O2S/c20-19-23-16-15(18(24-19)25-7-10-29(28)11-8-25)21-13-22-17(16)26(6-9-27)12-14-4-2-1-3-5-14/h1-5,13,27H,6-12H2. The van der Waals surface area contributed by atoms with E-state index in [1.165, 1.54) is 6.33 Å². The quantitative estimate of drug-likeness (QED) is 0.463. The molecule has 1 aromatic carbocycles. The highest BCUT2D eigenvalue weighted by atomic mass is 35.5. The van der Waals surface area contributed by atoms with Crippen molar-refractivity contribution in [2.75, 3.05) is 47.5 Å². The summed E-state index contributed by atoms with van der Waals surface area (Å²) in [6, 6.07) is 9.96. The highest BCUT2D eigenvalue weighted by Crippen LogP contribution is 2.30. The molecule has 0 aliphatic carbocycles. The Morgan fingerprint density at radius 2 is 1.86 bits per heavy atom. The number of aliphatic hydroxyl groups is 1. The molecule has 29 heavy (non-hydrogen) atoms. The summed E-state index contributed by atoms with van der Waals surface area (Å²) in [4.78, 5) is 21.7. The van der Waals surface area contributed by atoms with Gasteiger partial charge in [0.1, 0.15) is 28.9 Å². The Balaban J connectivity index is 1.76. The number of rotatable bonds is 6. The van der Waals surface area contributed by atoms with Crippen LogP contribution in [-0.4, -0.2) is 67.3 Å². The third-order valence-corrected chi connectivity index (χ3v) is 6.22. The fourth-order valence-electron chi connectivity index (χ4n) is 3.38. The molecule has 0 atom stereocenters. The van der Waals surface area contributed by atoms with Crippen molar-refractivity contribution in [1.29, 1.82) is 0 Å². The Bertz CT molecular complexity index is 972. The fraction of sp³-hybridized carbons (Fsp3) is 0.368. The lowest BCUT2D eigenvalue weighted by atomic mass is 10.2. The summed E-state index contributed by atoms with van der Waals surface area (Å²) in [7, 11) is 0. The van der Waals surface area contributed by atoms with Crippen molar-refractivity contribution in [2.45, 2.75) is 6.54 Å². The number of nitrogens with zero attached hydrogens (tertiary/aromatic N) is 6. The number of aliphatic hydroxyl groups excluding tert-OH is 1. The van der Waals surface area contributed by atoms with Crippen LogP contribution in [0.2, 0.25) is 5.28 Å². The summed E-state index contributed by atoms with van der Waals surface area (Å²) in [5.74, 6) is 2.40. The first-order valence-electron chi connectivity index (χ1n) is 9.33. The number of benzene rings is 1. The molecule has 0 radical (unpaired) electrons. The van der Waals surface area contributed by atoms with Gasteiger partial charge in [-0.2, -0.15) is 4.98 Å². The number of hydrogen-bond donors (Lipinski definition) is 1. The van der Waals surface area contributed by atoms with Crippen molar-refractivity contribution in [3.05, 3.63) is 47.5 Å². The largest absolute Gasteiger partial charge is 0.616 e. The molecule has 10 heteroatoms. The van der Waals surface area contributed by atoms with Crippen LogP contribution in [-0.2, 0) is 17.7 Å². The monoisotopic (exact) mass is 432 g/mol. The molecule has 4 rings (SSSR count). The predicted octanol–water partition coefficient (Wildman–Crippen LogP) is 1.64. The van der Waals surface area contributed by atoms with Gasteiger partial charge in [-0.1, -0.05) is 41.5 Å². The van der Waals surface area contributed by atoms with E-state index < -0.39 is 11.2 Å². The van der Waals surface area contributed by atoms with Gasteiger partial charge in [-0.3, -0.25) is 0 Å². The van der Waals surface area contributed by atoms with Crippen molar-refractivity contribution in [1.82, 2.24) is 19.9 Å². The van der Waals surface area contributed by atoms with Crippen molar-refractivity contribution >= 4 is 45.4 Å². The van der Waals surface area contributed by atoms with Crippen molar-refractivity contribution < 1.29 is 9.66 Å². The smallest absolute Gasteiger partial charge is 0.225 e.